The molecule has 4 heteroatoms. The van der Waals surface area contributed by atoms with Gasteiger partial charge >= 0.3 is 0 Å². The molecule has 3 nitrogen and oxygen atoms in total. The van der Waals surface area contributed by atoms with E-state index in [-0.39, 0.29) is 5.54 Å². The van der Waals surface area contributed by atoms with Crippen LogP contribution in [0.2, 0.25) is 0 Å². The van der Waals surface area contributed by atoms with Gasteiger partial charge in [0.05, 0.1) is 11.6 Å². The van der Waals surface area contributed by atoms with Gasteiger partial charge in [0.25, 0.3) is 0 Å². The quantitative estimate of drug-likeness (QED) is 0.913. The molecule has 0 radical (unpaired) electrons. The molecule has 2 N–H and O–H groups in total. The van der Waals surface area contributed by atoms with Crippen LogP contribution >= 0.6 is 15.9 Å². The summed E-state index contributed by atoms with van der Waals surface area (Å²) in [5.41, 5.74) is 7.17. The predicted octanol–water partition coefficient (Wildman–Crippen LogP) is 2.28. The second-order valence-corrected chi connectivity index (χ2v) is 5.03. The third-order valence-corrected chi connectivity index (χ3v) is 3.46. The van der Waals surface area contributed by atoms with E-state index in [1.54, 1.807) is 13.3 Å². The molecule has 1 fully saturated rings. The molecule has 0 unspecified atom stereocenters. The lowest BCUT2D eigenvalue weighted by Crippen LogP contribution is -2.22. The first-order valence-corrected chi connectivity index (χ1v) is 5.90. The van der Waals surface area contributed by atoms with E-state index in [0.717, 1.165) is 41.6 Å². The van der Waals surface area contributed by atoms with Gasteiger partial charge < -0.3 is 10.5 Å². The van der Waals surface area contributed by atoms with Crippen LogP contribution in [-0.2, 0) is 6.42 Å². The Balaban J connectivity index is 2.01. The Hall–Kier alpha value is -0.610. The van der Waals surface area contributed by atoms with Crippen molar-refractivity contribution in [3.05, 3.63) is 22.4 Å². The number of halogens is 1. The summed E-state index contributed by atoms with van der Waals surface area (Å²) in [7, 11) is 1.66. The minimum atomic E-state index is 0.0992. The van der Waals surface area contributed by atoms with Crippen molar-refractivity contribution in [1.82, 2.24) is 4.98 Å². The number of hydrogen-bond donors (Lipinski definition) is 1. The van der Waals surface area contributed by atoms with Crippen molar-refractivity contribution in [2.24, 2.45) is 5.73 Å². The molecular weight excluding hydrogens is 256 g/mol. The number of rotatable bonds is 4. The van der Waals surface area contributed by atoms with Gasteiger partial charge in [-0.2, -0.15) is 0 Å². The van der Waals surface area contributed by atoms with Crippen LogP contribution in [0.15, 0.2) is 16.7 Å². The first kappa shape index (κ1) is 10.9. The van der Waals surface area contributed by atoms with Crippen molar-refractivity contribution in [3.8, 4) is 5.75 Å². The maximum absolute atomic E-state index is 6.03. The molecule has 82 valence electrons. The van der Waals surface area contributed by atoms with E-state index in [1.807, 2.05) is 6.07 Å². The molecule has 1 heterocycles. The number of hydrogen-bond acceptors (Lipinski definition) is 3. The molecule has 2 rings (SSSR count). The lowest BCUT2D eigenvalue weighted by Gasteiger charge is -2.09. The van der Waals surface area contributed by atoms with E-state index in [0.29, 0.717) is 0 Å². The molecule has 0 aromatic carbocycles. The van der Waals surface area contributed by atoms with Crippen LogP contribution in [0.25, 0.3) is 0 Å². The highest BCUT2D eigenvalue weighted by Crippen LogP contribution is 2.36. The molecule has 1 aromatic heterocycles. The highest BCUT2D eigenvalue weighted by atomic mass is 79.9. The van der Waals surface area contributed by atoms with E-state index in [1.165, 1.54) is 0 Å². The topological polar surface area (TPSA) is 48.1 Å². The standard InChI is InChI=1S/C11H15BrN2O/c1-15-10-6-8(14-7-9(10)12)2-3-11(13)4-5-11/h6-7H,2-5,13H2,1H3. The van der Waals surface area contributed by atoms with Crippen LogP contribution in [-0.4, -0.2) is 17.6 Å². The molecule has 0 atom stereocenters. The second-order valence-electron chi connectivity index (χ2n) is 4.17. The maximum Gasteiger partial charge on any atom is 0.136 e. The summed E-state index contributed by atoms with van der Waals surface area (Å²) in [5.74, 6) is 0.835. The van der Waals surface area contributed by atoms with Gasteiger partial charge in [-0.25, -0.2) is 0 Å². The molecule has 1 saturated carbocycles. The maximum atomic E-state index is 6.03. The van der Waals surface area contributed by atoms with E-state index in [4.69, 9.17) is 10.5 Å². The van der Waals surface area contributed by atoms with E-state index < -0.39 is 0 Å². The number of aryl methyl sites for hydroxylation is 1. The van der Waals surface area contributed by atoms with E-state index in [9.17, 15) is 0 Å². The fraction of sp³-hybridized carbons (Fsp3) is 0.545. The highest BCUT2D eigenvalue weighted by molar-refractivity contribution is 9.10. The number of nitrogens with two attached hydrogens (primary N) is 1. The van der Waals surface area contributed by atoms with Gasteiger partial charge in [0.15, 0.2) is 0 Å². The Labute approximate surface area is 98.2 Å². The number of pyridine rings is 1. The summed E-state index contributed by atoms with van der Waals surface area (Å²) < 4.78 is 6.11. The summed E-state index contributed by atoms with van der Waals surface area (Å²) in [6.45, 7) is 0. The predicted molar refractivity (Wildman–Crippen MR) is 63.0 cm³/mol. The Morgan fingerprint density at radius 3 is 2.93 bits per heavy atom. The normalized spacial score (nSPS) is 17.5. The average Bonchev–Trinajstić information content (AvgIpc) is 2.96. The van der Waals surface area contributed by atoms with Crippen molar-refractivity contribution in [2.45, 2.75) is 31.2 Å². The third kappa shape index (κ3) is 2.69. The molecule has 0 saturated heterocycles. The lowest BCUT2D eigenvalue weighted by atomic mass is 10.1. The number of aromatic nitrogens is 1. The average molecular weight is 271 g/mol. The first-order chi connectivity index (χ1) is 7.13. The van der Waals surface area contributed by atoms with Crippen molar-refractivity contribution in [3.63, 3.8) is 0 Å². The Kier molecular flexibility index (Phi) is 2.98. The van der Waals surface area contributed by atoms with Crippen molar-refractivity contribution in [2.75, 3.05) is 7.11 Å². The summed E-state index contributed by atoms with van der Waals surface area (Å²) in [6.07, 6.45) is 6.04. The van der Waals surface area contributed by atoms with E-state index in [2.05, 4.69) is 20.9 Å². The zero-order valence-corrected chi connectivity index (χ0v) is 10.4. The van der Waals surface area contributed by atoms with Crippen molar-refractivity contribution in [1.29, 1.82) is 0 Å². The lowest BCUT2D eigenvalue weighted by molar-refractivity contribution is 0.410. The smallest absolute Gasteiger partial charge is 0.136 e. The highest BCUT2D eigenvalue weighted by Gasteiger charge is 2.37. The van der Waals surface area contributed by atoms with E-state index >= 15 is 0 Å². The van der Waals surface area contributed by atoms with Crippen LogP contribution < -0.4 is 10.5 Å². The fourth-order valence-corrected chi connectivity index (χ4v) is 1.92. The monoisotopic (exact) mass is 270 g/mol. The SMILES string of the molecule is COc1cc(CCC2(N)CC2)ncc1Br. The molecule has 1 aliphatic carbocycles. The van der Waals surface area contributed by atoms with Crippen molar-refractivity contribution >= 4 is 15.9 Å². The zero-order valence-electron chi connectivity index (χ0n) is 8.79. The molecule has 1 aliphatic rings. The zero-order chi connectivity index (χ0) is 10.9. The fourth-order valence-electron chi connectivity index (χ4n) is 1.54. The van der Waals surface area contributed by atoms with Gasteiger partial charge in [-0.05, 0) is 41.6 Å². The largest absolute Gasteiger partial charge is 0.495 e. The number of methoxy groups -OCH3 is 1. The van der Waals surface area contributed by atoms with Gasteiger partial charge in [0.2, 0.25) is 0 Å². The van der Waals surface area contributed by atoms with Crippen LogP contribution in [0.1, 0.15) is 25.0 Å². The third-order valence-electron chi connectivity index (χ3n) is 2.87. The van der Waals surface area contributed by atoms with Gasteiger partial charge in [-0.3, -0.25) is 4.98 Å². The van der Waals surface area contributed by atoms with Gasteiger partial charge in [0.1, 0.15) is 5.75 Å². The Bertz CT molecular complexity index is 364. The van der Waals surface area contributed by atoms with Crippen molar-refractivity contribution < 1.29 is 4.74 Å². The van der Waals surface area contributed by atoms with Gasteiger partial charge in [0, 0.05) is 23.5 Å². The second kappa shape index (κ2) is 4.10. The van der Waals surface area contributed by atoms with Crippen LogP contribution in [0.3, 0.4) is 0 Å². The summed E-state index contributed by atoms with van der Waals surface area (Å²) in [4.78, 5) is 4.34. The summed E-state index contributed by atoms with van der Waals surface area (Å²) in [6, 6.07) is 1.97. The molecule has 0 spiro atoms. The Morgan fingerprint density at radius 2 is 2.33 bits per heavy atom. The van der Waals surface area contributed by atoms with Gasteiger partial charge in [-0.1, -0.05) is 0 Å². The molecule has 0 amide bonds. The molecule has 0 aliphatic heterocycles. The summed E-state index contributed by atoms with van der Waals surface area (Å²) >= 11 is 3.38. The summed E-state index contributed by atoms with van der Waals surface area (Å²) in [5, 5.41) is 0. The minimum Gasteiger partial charge on any atom is -0.495 e. The molecule has 1 aromatic rings. The van der Waals surface area contributed by atoms with Crippen LogP contribution in [0.5, 0.6) is 5.75 Å². The van der Waals surface area contributed by atoms with Crippen LogP contribution in [0.4, 0.5) is 0 Å². The minimum absolute atomic E-state index is 0.0992. The molecular formula is C11H15BrN2O. The molecule has 15 heavy (non-hydrogen) atoms. The van der Waals surface area contributed by atoms with Gasteiger partial charge in [-0.15, -0.1) is 0 Å². The van der Waals surface area contributed by atoms with Crippen LogP contribution in [0, 0.1) is 0 Å². The number of nitrogens with zero attached hydrogens (tertiary/aromatic N) is 1. The molecule has 0 bridgehead atoms. The number of ether oxygens (including phenoxy) is 1. The first-order valence-electron chi connectivity index (χ1n) is 5.10. The Morgan fingerprint density at radius 1 is 1.60 bits per heavy atom.